The largest absolute Gasteiger partial charge is 0.371 e. The molecule has 0 aliphatic carbocycles. The number of benzene rings is 2. The van der Waals surface area contributed by atoms with E-state index >= 15 is 0 Å². The summed E-state index contributed by atoms with van der Waals surface area (Å²) >= 11 is 6.25. The van der Waals surface area contributed by atoms with Gasteiger partial charge in [0.1, 0.15) is 0 Å². The zero-order valence-corrected chi connectivity index (χ0v) is 13.1. The molecule has 0 spiro atoms. The highest BCUT2D eigenvalue weighted by atomic mass is 35.5. The minimum atomic E-state index is 0.663. The molecule has 0 saturated carbocycles. The Morgan fingerprint density at radius 1 is 1.09 bits per heavy atom. The van der Waals surface area contributed by atoms with Crippen LogP contribution in [0.5, 0.6) is 0 Å². The Bertz CT molecular complexity index is 773. The van der Waals surface area contributed by atoms with E-state index in [1.165, 1.54) is 24.1 Å². The van der Waals surface area contributed by atoms with Gasteiger partial charge in [0, 0.05) is 29.2 Å². The van der Waals surface area contributed by atoms with Crippen LogP contribution in [0, 0.1) is 0 Å². The Balaban J connectivity index is 1.57. The van der Waals surface area contributed by atoms with Crippen LogP contribution in [-0.2, 0) is 0 Å². The first-order valence-electron chi connectivity index (χ1n) is 7.74. The number of hydrogen-bond acceptors (Lipinski definition) is 2. The minimum absolute atomic E-state index is 0.663. The highest BCUT2D eigenvalue weighted by Gasteiger charge is 2.22. The summed E-state index contributed by atoms with van der Waals surface area (Å²) in [6, 6.07) is 14.8. The number of anilines is 1. The zero-order chi connectivity index (χ0) is 14.9. The molecule has 1 aliphatic rings. The number of H-pyrrole nitrogens is 1. The van der Waals surface area contributed by atoms with Gasteiger partial charge in [-0.1, -0.05) is 41.9 Å². The van der Waals surface area contributed by atoms with Crippen LogP contribution in [0.15, 0.2) is 48.7 Å². The Morgan fingerprint density at radius 3 is 2.64 bits per heavy atom. The van der Waals surface area contributed by atoms with Crippen LogP contribution in [0.4, 0.5) is 5.69 Å². The van der Waals surface area contributed by atoms with Crippen molar-refractivity contribution in [3.63, 3.8) is 0 Å². The second-order valence-electron chi connectivity index (χ2n) is 5.93. The first-order valence-corrected chi connectivity index (χ1v) is 8.11. The van der Waals surface area contributed by atoms with Gasteiger partial charge in [0.25, 0.3) is 0 Å². The van der Waals surface area contributed by atoms with Gasteiger partial charge >= 0.3 is 0 Å². The summed E-state index contributed by atoms with van der Waals surface area (Å²) in [5.74, 6) is 0.663. The molecule has 112 valence electrons. The lowest BCUT2D eigenvalue weighted by atomic mass is 9.89. The maximum absolute atomic E-state index is 6.25. The van der Waals surface area contributed by atoms with Gasteiger partial charge in [-0.05, 0) is 36.5 Å². The molecule has 1 N–H and O–H groups in total. The van der Waals surface area contributed by atoms with E-state index in [2.05, 4.69) is 51.5 Å². The SMILES string of the molecule is Clc1cc(N2CCC(c3ccccc3)CC2)c2cn[nH]c2c1. The molecule has 2 heterocycles. The van der Waals surface area contributed by atoms with Gasteiger partial charge in [0.15, 0.2) is 0 Å². The number of fused-ring (bicyclic) bond motifs is 1. The van der Waals surface area contributed by atoms with E-state index in [4.69, 9.17) is 11.6 Å². The number of hydrogen-bond donors (Lipinski definition) is 1. The first kappa shape index (κ1) is 13.6. The quantitative estimate of drug-likeness (QED) is 0.750. The lowest BCUT2D eigenvalue weighted by Crippen LogP contribution is -2.32. The molecule has 0 atom stereocenters. The molecule has 3 aromatic rings. The van der Waals surface area contributed by atoms with Crippen LogP contribution < -0.4 is 4.90 Å². The third-order valence-corrected chi connectivity index (χ3v) is 4.83. The maximum atomic E-state index is 6.25. The number of nitrogens with zero attached hydrogens (tertiary/aromatic N) is 2. The van der Waals surface area contributed by atoms with Crippen LogP contribution in [0.25, 0.3) is 10.9 Å². The highest BCUT2D eigenvalue weighted by Crippen LogP contribution is 2.34. The number of aromatic nitrogens is 2. The van der Waals surface area contributed by atoms with Crippen molar-refractivity contribution < 1.29 is 0 Å². The van der Waals surface area contributed by atoms with Crippen molar-refractivity contribution >= 4 is 28.2 Å². The number of nitrogens with one attached hydrogen (secondary N) is 1. The summed E-state index contributed by atoms with van der Waals surface area (Å²) in [4.78, 5) is 2.43. The number of piperidine rings is 1. The van der Waals surface area contributed by atoms with Gasteiger partial charge in [0.05, 0.1) is 11.7 Å². The van der Waals surface area contributed by atoms with Gasteiger partial charge in [0.2, 0.25) is 0 Å². The summed E-state index contributed by atoms with van der Waals surface area (Å²) in [5, 5.41) is 9.08. The van der Waals surface area contributed by atoms with Crippen molar-refractivity contribution in [2.45, 2.75) is 18.8 Å². The number of rotatable bonds is 2. The molecular weight excluding hydrogens is 294 g/mol. The predicted molar refractivity (Wildman–Crippen MR) is 91.7 cm³/mol. The molecule has 4 heteroatoms. The van der Waals surface area contributed by atoms with Crippen LogP contribution in [0.1, 0.15) is 24.3 Å². The molecule has 1 aromatic heterocycles. The molecule has 0 bridgehead atoms. The average molecular weight is 312 g/mol. The summed E-state index contributed by atoms with van der Waals surface area (Å²) in [7, 11) is 0. The monoisotopic (exact) mass is 311 g/mol. The van der Waals surface area contributed by atoms with E-state index in [-0.39, 0.29) is 0 Å². The van der Waals surface area contributed by atoms with Gasteiger partial charge in [-0.3, -0.25) is 5.10 Å². The Hall–Kier alpha value is -2.00. The van der Waals surface area contributed by atoms with Gasteiger partial charge in [-0.25, -0.2) is 0 Å². The summed E-state index contributed by atoms with van der Waals surface area (Å²) < 4.78 is 0. The number of aromatic amines is 1. The summed E-state index contributed by atoms with van der Waals surface area (Å²) in [6.45, 7) is 2.11. The highest BCUT2D eigenvalue weighted by molar-refractivity contribution is 6.31. The third kappa shape index (κ3) is 2.46. The maximum Gasteiger partial charge on any atom is 0.0686 e. The lowest BCUT2D eigenvalue weighted by molar-refractivity contribution is 0.506. The van der Waals surface area contributed by atoms with Crippen LogP contribution in [0.3, 0.4) is 0 Å². The van der Waals surface area contributed by atoms with Gasteiger partial charge in [-0.2, -0.15) is 5.10 Å². The van der Waals surface area contributed by atoms with Crippen LogP contribution >= 0.6 is 11.6 Å². The van der Waals surface area contributed by atoms with E-state index in [9.17, 15) is 0 Å². The molecule has 3 nitrogen and oxygen atoms in total. The topological polar surface area (TPSA) is 31.9 Å². The molecule has 4 rings (SSSR count). The predicted octanol–water partition coefficient (Wildman–Crippen LogP) is 4.60. The van der Waals surface area contributed by atoms with Gasteiger partial charge < -0.3 is 4.90 Å². The molecule has 0 unspecified atom stereocenters. The second kappa shape index (κ2) is 5.65. The zero-order valence-electron chi connectivity index (χ0n) is 12.3. The van der Waals surface area contributed by atoms with E-state index in [1.54, 1.807) is 0 Å². The molecule has 0 amide bonds. The van der Waals surface area contributed by atoms with Crippen LogP contribution in [0.2, 0.25) is 5.02 Å². The third-order valence-electron chi connectivity index (χ3n) is 4.61. The Kier molecular flexibility index (Phi) is 3.51. The average Bonchev–Trinajstić information content (AvgIpc) is 3.03. The van der Waals surface area contributed by atoms with Crippen molar-refractivity contribution in [2.75, 3.05) is 18.0 Å². The fraction of sp³-hybridized carbons (Fsp3) is 0.278. The fourth-order valence-corrected chi connectivity index (χ4v) is 3.65. The Labute approximate surface area is 134 Å². The molecular formula is C18H18ClN3. The lowest BCUT2D eigenvalue weighted by Gasteiger charge is -2.34. The standard InChI is InChI=1S/C18H18ClN3/c19-15-10-17-16(12-20-21-17)18(11-15)22-8-6-14(7-9-22)13-4-2-1-3-5-13/h1-5,10-12,14H,6-9H2,(H,20,21). The van der Waals surface area contributed by atoms with Crippen LogP contribution in [-0.4, -0.2) is 23.3 Å². The molecule has 1 aliphatic heterocycles. The molecule has 22 heavy (non-hydrogen) atoms. The smallest absolute Gasteiger partial charge is 0.0686 e. The molecule has 2 aromatic carbocycles. The molecule has 1 saturated heterocycles. The van der Waals surface area contributed by atoms with Crippen molar-refractivity contribution in [3.8, 4) is 0 Å². The summed E-state index contributed by atoms with van der Waals surface area (Å²) in [6.07, 6.45) is 4.25. The second-order valence-corrected chi connectivity index (χ2v) is 6.36. The fourth-order valence-electron chi connectivity index (χ4n) is 3.44. The van der Waals surface area contributed by atoms with E-state index < -0.39 is 0 Å². The van der Waals surface area contributed by atoms with Crippen molar-refractivity contribution in [1.82, 2.24) is 10.2 Å². The molecule has 1 fully saturated rings. The van der Waals surface area contributed by atoms with Crippen molar-refractivity contribution in [3.05, 3.63) is 59.2 Å². The van der Waals surface area contributed by atoms with E-state index in [1.807, 2.05) is 12.3 Å². The number of halogens is 1. The van der Waals surface area contributed by atoms with Crippen molar-refractivity contribution in [2.24, 2.45) is 0 Å². The van der Waals surface area contributed by atoms with E-state index in [0.29, 0.717) is 5.92 Å². The summed E-state index contributed by atoms with van der Waals surface area (Å²) in [5.41, 5.74) is 3.66. The van der Waals surface area contributed by atoms with Crippen molar-refractivity contribution in [1.29, 1.82) is 0 Å². The van der Waals surface area contributed by atoms with Gasteiger partial charge in [-0.15, -0.1) is 0 Å². The normalized spacial score (nSPS) is 16.3. The van der Waals surface area contributed by atoms with E-state index in [0.717, 1.165) is 29.0 Å². The Morgan fingerprint density at radius 2 is 1.86 bits per heavy atom. The first-order chi connectivity index (χ1) is 10.8. The molecule has 0 radical (unpaired) electrons. The minimum Gasteiger partial charge on any atom is -0.371 e.